The van der Waals surface area contributed by atoms with Gasteiger partial charge < -0.3 is 4.90 Å². The molecular formula is C19H18N2. The molecule has 0 fully saturated rings. The molecule has 0 atom stereocenters. The number of hydrogen-bond acceptors (Lipinski definition) is 2. The third-order valence-corrected chi connectivity index (χ3v) is 3.17. The smallest absolute Gasteiger partial charge is 0.0997 e. The van der Waals surface area contributed by atoms with E-state index in [4.69, 9.17) is 0 Å². The molecule has 0 aromatic heterocycles. The van der Waals surface area contributed by atoms with Crippen LogP contribution in [0.3, 0.4) is 0 Å². The molecule has 0 amide bonds. The first kappa shape index (κ1) is 14.6. The van der Waals surface area contributed by atoms with Gasteiger partial charge in [-0.25, -0.2) is 0 Å². The number of rotatable bonds is 4. The molecular weight excluding hydrogens is 256 g/mol. The molecule has 2 nitrogen and oxygen atoms in total. The molecule has 0 radical (unpaired) electrons. The third-order valence-electron chi connectivity index (χ3n) is 3.17. The molecule has 0 unspecified atom stereocenters. The van der Waals surface area contributed by atoms with E-state index < -0.39 is 0 Å². The standard InChI is InChI=1S/C19H18N2/c1-21(2)19-13-11-16(12-14-19)7-6-10-18(15-20)17-8-4-3-5-9-17/h3-14H,1-2H3/b7-6+,18-10+. The fraction of sp³-hybridized carbons (Fsp3) is 0.105. The van der Waals surface area contributed by atoms with E-state index in [0.717, 1.165) is 11.1 Å². The van der Waals surface area contributed by atoms with Crippen LogP contribution in [0, 0.1) is 11.3 Å². The number of benzene rings is 2. The van der Waals surface area contributed by atoms with Crippen molar-refractivity contribution in [1.82, 2.24) is 0 Å². The Hall–Kier alpha value is -2.79. The molecule has 0 aliphatic rings. The number of anilines is 1. The molecule has 104 valence electrons. The maximum Gasteiger partial charge on any atom is 0.0997 e. The van der Waals surface area contributed by atoms with Gasteiger partial charge in [0.1, 0.15) is 0 Å². The van der Waals surface area contributed by atoms with Crippen LogP contribution in [-0.4, -0.2) is 14.1 Å². The summed E-state index contributed by atoms with van der Waals surface area (Å²) in [5.41, 5.74) is 3.89. The maximum atomic E-state index is 9.22. The predicted molar refractivity (Wildman–Crippen MR) is 89.8 cm³/mol. The third kappa shape index (κ3) is 4.09. The molecule has 0 saturated carbocycles. The molecule has 0 aliphatic carbocycles. The van der Waals surface area contributed by atoms with Crippen LogP contribution in [-0.2, 0) is 0 Å². The van der Waals surface area contributed by atoms with Crippen molar-refractivity contribution in [3.63, 3.8) is 0 Å². The summed E-state index contributed by atoms with van der Waals surface area (Å²) in [6.45, 7) is 0. The Balaban J connectivity index is 2.13. The summed E-state index contributed by atoms with van der Waals surface area (Å²) in [6, 6.07) is 20.2. The molecule has 0 heterocycles. The Bertz CT molecular complexity index is 672. The van der Waals surface area contributed by atoms with Crippen LogP contribution in [0.5, 0.6) is 0 Å². The Morgan fingerprint density at radius 1 is 1.00 bits per heavy atom. The van der Waals surface area contributed by atoms with Gasteiger partial charge in [-0.1, -0.05) is 54.6 Å². The van der Waals surface area contributed by atoms with Gasteiger partial charge in [0.15, 0.2) is 0 Å². The second-order valence-corrected chi connectivity index (χ2v) is 4.90. The van der Waals surface area contributed by atoms with Crippen molar-refractivity contribution in [3.05, 3.63) is 77.9 Å². The van der Waals surface area contributed by atoms with Gasteiger partial charge in [-0.15, -0.1) is 0 Å². The van der Waals surface area contributed by atoms with Crippen molar-refractivity contribution in [2.45, 2.75) is 0 Å². The topological polar surface area (TPSA) is 27.0 Å². The van der Waals surface area contributed by atoms with Gasteiger partial charge in [-0.2, -0.15) is 5.26 Å². The molecule has 21 heavy (non-hydrogen) atoms. The lowest BCUT2D eigenvalue weighted by molar-refractivity contribution is 1.13. The van der Waals surface area contributed by atoms with Crippen molar-refractivity contribution < 1.29 is 0 Å². The van der Waals surface area contributed by atoms with E-state index in [1.54, 1.807) is 0 Å². The second kappa shape index (κ2) is 7.12. The fourth-order valence-electron chi connectivity index (χ4n) is 1.95. The Morgan fingerprint density at radius 2 is 1.67 bits per heavy atom. The Morgan fingerprint density at radius 3 is 2.24 bits per heavy atom. The quantitative estimate of drug-likeness (QED) is 0.611. The highest BCUT2D eigenvalue weighted by Gasteiger charge is 1.97. The maximum absolute atomic E-state index is 9.22. The van der Waals surface area contributed by atoms with E-state index in [-0.39, 0.29) is 0 Å². The highest BCUT2D eigenvalue weighted by Crippen LogP contribution is 2.15. The van der Waals surface area contributed by atoms with Gasteiger partial charge in [0.05, 0.1) is 11.6 Å². The van der Waals surface area contributed by atoms with Crippen LogP contribution in [0.1, 0.15) is 11.1 Å². The zero-order valence-corrected chi connectivity index (χ0v) is 12.3. The van der Waals surface area contributed by atoms with E-state index >= 15 is 0 Å². The molecule has 0 saturated heterocycles. The highest BCUT2D eigenvalue weighted by atomic mass is 15.1. The number of nitrogens with zero attached hydrogens (tertiary/aromatic N) is 2. The van der Waals surface area contributed by atoms with Gasteiger partial charge in [0, 0.05) is 19.8 Å². The lowest BCUT2D eigenvalue weighted by Gasteiger charge is -2.11. The zero-order valence-electron chi connectivity index (χ0n) is 12.3. The molecule has 2 rings (SSSR count). The summed E-state index contributed by atoms with van der Waals surface area (Å²) in [6.07, 6.45) is 5.76. The number of hydrogen-bond donors (Lipinski definition) is 0. The van der Waals surface area contributed by atoms with E-state index in [0.29, 0.717) is 5.57 Å². The number of allylic oxidation sites excluding steroid dienone is 3. The summed E-state index contributed by atoms with van der Waals surface area (Å²) in [5, 5.41) is 9.22. The molecule has 0 N–H and O–H groups in total. The first-order valence-corrected chi connectivity index (χ1v) is 6.82. The highest BCUT2D eigenvalue weighted by molar-refractivity contribution is 5.78. The lowest BCUT2D eigenvalue weighted by Crippen LogP contribution is -2.07. The molecule has 2 heteroatoms. The predicted octanol–water partition coefficient (Wildman–Crippen LogP) is 4.37. The normalized spacial score (nSPS) is 11.4. The average Bonchev–Trinajstić information content (AvgIpc) is 2.53. The van der Waals surface area contributed by atoms with Crippen LogP contribution >= 0.6 is 0 Å². The van der Waals surface area contributed by atoms with Gasteiger partial charge >= 0.3 is 0 Å². The summed E-state index contributed by atoms with van der Waals surface area (Å²) in [5.74, 6) is 0. The summed E-state index contributed by atoms with van der Waals surface area (Å²) in [4.78, 5) is 2.07. The molecule has 2 aromatic carbocycles. The fourth-order valence-corrected chi connectivity index (χ4v) is 1.95. The second-order valence-electron chi connectivity index (χ2n) is 4.90. The molecule has 2 aromatic rings. The van der Waals surface area contributed by atoms with Crippen LogP contribution < -0.4 is 4.90 Å². The van der Waals surface area contributed by atoms with Crippen molar-refractivity contribution >= 4 is 17.3 Å². The Kier molecular flexibility index (Phi) is 4.95. The van der Waals surface area contributed by atoms with Gasteiger partial charge in [0.25, 0.3) is 0 Å². The van der Waals surface area contributed by atoms with E-state index in [2.05, 4.69) is 35.2 Å². The molecule has 0 bridgehead atoms. The van der Waals surface area contributed by atoms with Crippen LogP contribution in [0.4, 0.5) is 5.69 Å². The number of nitriles is 1. The lowest BCUT2D eigenvalue weighted by atomic mass is 10.1. The van der Waals surface area contributed by atoms with E-state index in [1.807, 2.05) is 62.7 Å². The van der Waals surface area contributed by atoms with E-state index in [1.165, 1.54) is 5.69 Å². The van der Waals surface area contributed by atoms with Crippen LogP contribution in [0.15, 0.2) is 66.7 Å². The minimum Gasteiger partial charge on any atom is -0.378 e. The summed E-state index contributed by atoms with van der Waals surface area (Å²) >= 11 is 0. The minimum atomic E-state index is 0.664. The van der Waals surface area contributed by atoms with Crippen molar-refractivity contribution in [2.75, 3.05) is 19.0 Å². The zero-order chi connectivity index (χ0) is 15.1. The van der Waals surface area contributed by atoms with Crippen molar-refractivity contribution in [2.24, 2.45) is 0 Å². The molecule has 0 aliphatic heterocycles. The van der Waals surface area contributed by atoms with Crippen LogP contribution in [0.25, 0.3) is 11.6 Å². The first-order chi connectivity index (χ1) is 10.2. The van der Waals surface area contributed by atoms with Gasteiger partial charge in [-0.05, 0) is 29.3 Å². The van der Waals surface area contributed by atoms with Crippen molar-refractivity contribution in [3.8, 4) is 6.07 Å². The average molecular weight is 274 g/mol. The van der Waals surface area contributed by atoms with Crippen molar-refractivity contribution in [1.29, 1.82) is 5.26 Å². The first-order valence-electron chi connectivity index (χ1n) is 6.82. The summed E-state index contributed by atoms with van der Waals surface area (Å²) < 4.78 is 0. The van der Waals surface area contributed by atoms with Crippen LogP contribution in [0.2, 0.25) is 0 Å². The van der Waals surface area contributed by atoms with E-state index in [9.17, 15) is 5.26 Å². The summed E-state index contributed by atoms with van der Waals surface area (Å²) in [7, 11) is 4.04. The monoisotopic (exact) mass is 274 g/mol. The SMILES string of the molecule is CN(C)c1ccc(/C=C/C=C(\C#N)c2ccccc2)cc1. The minimum absolute atomic E-state index is 0.664. The largest absolute Gasteiger partial charge is 0.378 e. The van der Waals surface area contributed by atoms with Gasteiger partial charge in [0.2, 0.25) is 0 Å². The Labute approximate surface area is 126 Å². The van der Waals surface area contributed by atoms with Gasteiger partial charge in [-0.3, -0.25) is 0 Å². The molecule has 0 spiro atoms.